The van der Waals surface area contributed by atoms with Gasteiger partial charge in [0.1, 0.15) is 0 Å². The zero-order chi connectivity index (χ0) is 15.1. The predicted octanol–water partition coefficient (Wildman–Crippen LogP) is 3.29. The monoisotopic (exact) mass is 287 g/mol. The Labute approximate surface area is 127 Å². The predicted molar refractivity (Wildman–Crippen MR) is 84.4 cm³/mol. The van der Waals surface area contributed by atoms with Crippen LogP contribution in [0.1, 0.15) is 49.5 Å². The first kappa shape index (κ1) is 15.7. The standard InChI is InChI=1S/C17H25N3O/c1-4-10-18-15(5-2)12-17-19-16(20-21-17)11-14-8-6-13(3)7-9-14/h6-9,15,18H,4-5,10-12H2,1-3H3. The van der Waals surface area contributed by atoms with E-state index in [4.69, 9.17) is 4.52 Å². The Balaban J connectivity index is 1.92. The van der Waals surface area contributed by atoms with Gasteiger partial charge in [-0.05, 0) is 31.9 Å². The van der Waals surface area contributed by atoms with Gasteiger partial charge in [-0.15, -0.1) is 0 Å². The SMILES string of the molecule is CCCNC(CC)Cc1nc(Cc2ccc(C)cc2)no1. The molecule has 114 valence electrons. The fourth-order valence-electron chi connectivity index (χ4n) is 2.25. The highest BCUT2D eigenvalue weighted by Gasteiger charge is 2.12. The Morgan fingerprint density at radius 2 is 1.95 bits per heavy atom. The third kappa shape index (κ3) is 4.97. The molecule has 1 heterocycles. The topological polar surface area (TPSA) is 51.0 Å². The van der Waals surface area contributed by atoms with Crippen molar-refractivity contribution in [1.29, 1.82) is 0 Å². The van der Waals surface area contributed by atoms with E-state index in [1.807, 2.05) is 0 Å². The third-order valence-electron chi connectivity index (χ3n) is 3.59. The van der Waals surface area contributed by atoms with Gasteiger partial charge in [0.25, 0.3) is 0 Å². The summed E-state index contributed by atoms with van der Waals surface area (Å²) in [6.45, 7) is 7.47. The number of nitrogens with zero attached hydrogens (tertiary/aromatic N) is 2. The van der Waals surface area contributed by atoms with Gasteiger partial charge in [-0.2, -0.15) is 4.98 Å². The van der Waals surface area contributed by atoms with E-state index in [1.54, 1.807) is 0 Å². The van der Waals surface area contributed by atoms with Crippen LogP contribution in [0.4, 0.5) is 0 Å². The van der Waals surface area contributed by atoms with E-state index >= 15 is 0 Å². The summed E-state index contributed by atoms with van der Waals surface area (Å²) in [4.78, 5) is 4.51. The Morgan fingerprint density at radius 3 is 2.62 bits per heavy atom. The molecule has 0 fully saturated rings. The van der Waals surface area contributed by atoms with Crippen LogP contribution < -0.4 is 5.32 Å². The summed E-state index contributed by atoms with van der Waals surface area (Å²) in [5, 5.41) is 7.59. The molecular weight excluding hydrogens is 262 g/mol. The lowest BCUT2D eigenvalue weighted by molar-refractivity contribution is 0.350. The second-order valence-corrected chi connectivity index (χ2v) is 5.53. The Kier molecular flexibility index (Phi) is 5.93. The second-order valence-electron chi connectivity index (χ2n) is 5.53. The molecule has 0 amide bonds. The Morgan fingerprint density at radius 1 is 1.19 bits per heavy atom. The molecule has 1 aromatic heterocycles. The van der Waals surface area contributed by atoms with Crippen molar-refractivity contribution >= 4 is 0 Å². The van der Waals surface area contributed by atoms with Crippen LogP contribution in [0.3, 0.4) is 0 Å². The summed E-state index contributed by atoms with van der Waals surface area (Å²) in [7, 11) is 0. The molecule has 1 aromatic carbocycles. The summed E-state index contributed by atoms with van der Waals surface area (Å²) in [6, 6.07) is 8.86. The molecule has 1 atom stereocenters. The van der Waals surface area contributed by atoms with Crippen LogP contribution in [0.25, 0.3) is 0 Å². The first-order valence-electron chi connectivity index (χ1n) is 7.81. The van der Waals surface area contributed by atoms with Crippen LogP contribution in [0.15, 0.2) is 28.8 Å². The summed E-state index contributed by atoms with van der Waals surface area (Å²) >= 11 is 0. The minimum atomic E-state index is 0.414. The maximum Gasteiger partial charge on any atom is 0.228 e. The van der Waals surface area contributed by atoms with Crippen LogP contribution in [-0.2, 0) is 12.8 Å². The number of hydrogen-bond donors (Lipinski definition) is 1. The van der Waals surface area contributed by atoms with Gasteiger partial charge < -0.3 is 9.84 Å². The first-order chi connectivity index (χ1) is 10.2. The number of hydrogen-bond acceptors (Lipinski definition) is 4. The van der Waals surface area contributed by atoms with E-state index in [-0.39, 0.29) is 0 Å². The zero-order valence-electron chi connectivity index (χ0n) is 13.2. The van der Waals surface area contributed by atoms with Gasteiger partial charge in [-0.25, -0.2) is 0 Å². The molecule has 0 aliphatic rings. The van der Waals surface area contributed by atoms with Gasteiger partial charge in [-0.1, -0.05) is 48.8 Å². The molecule has 0 bridgehead atoms. The molecule has 1 unspecified atom stereocenters. The van der Waals surface area contributed by atoms with Gasteiger partial charge in [0.15, 0.2) is 5.82 Å². The number of aromatic nitrogens is 2. The fourth-order valence-corrected chi connectivity index (χ4v) is 2.25. The van der Waals surface area contributed by atoms with Crippen LogP contribution in [0, 0.1) is 6.92 Å². The molecule has 4 heteroatoms. The molecular formula is C17H25N3O. The van der Waals surface area contributed by atoms with Crippen molar-refractivity contribution in [3.05, 3.63) is 47.1 Å². The van der Waals surface area contributed by atoms with Crippen molar-refractivity contribution in [2.45, 2.75) is 52.5 Å². The third-order valence-corrected chi connectivity index (χ3v) is 3.59. The maximum atomic E-state index is 5.37. The van der Waals surface area contributed by atoms with Gasteiger partial charge in [-0.3, -0.25) is 0 Å². The smallest absolute Gasteiger partial charge is 0.228 e. The lowest BCUT2D eigenvalue weighted by atomic mass is 10.1. The van der Waals surface area contributed by atoms with Crippen LogP contribution in [0.2, 0.25) is 0 Å². The van der Waals surface area contributed by atoms with Crippen LogP contribution in [-0.4, -0.2) is 22.7 Å². The van der Waals surface area contributed by atoms with E-state index < -0.39 is 0 Å². The second kappa shape index (κ2) is 7.93. The number of benzene rings is 1. The fraction of sp³-hybridized carbons (Fsp3) is 0.529. The van der Waals surface area contributed by atoms with Crippen molar-refractivity contribution in [3.63, 3.8) is 0 Å². The molecule has 0 radical (unpaired) electrons. The Hall–Kier alpha value is -1.68. The van der Waals surface area contributed by atoms with Crippen molar-refractivity contribution in [1.82, 2.24) is 15.5 Å². The van der Waals surface area contributed by atoms with Crippen molar-refractivity contribution in [2.24, 2.45) is 0 Å². The van der Waals surface area contributed by atoms with Crippen molar-refractivity contribution < 1.29 is 4.52 Å². The van der Waals surface area contributed by atoms with Crippen molar-refractivity contribution in [2.75, 3.05) is 6.54 Å². The average Bonchev–Trinajstić information content (AvgIpc) is 2.93. The number of nitrogens with one attached hydrogen (secondary N) is 1. The molecule has 0 saturated carbocycles. The summed E-state index contributed by atoms with van der Waals surface area (Å²) < 4.78 is 5.37. The highest BCUT2D eigenvalue weighted by Crippen LogP contribution is 2.10. The number of aryl methyl sites for hydroxylation is 1. The van der Waals surface area contributed by atoms with Crippen LogP contribution >= 0.6 is 0 Å². The van der Waals surface area contributed by atoms with E-state index in [1.165, 1.54) is 11.1 Å². The number of rotatable bonds is 8. The molecule has 21 heavy (non-hydrogen) atoms. The van der Waals surface area contributed by atoms with Crippen LogP contribution in [0.5, 0.6) is 0 Å². The molecule has 0 spiro atoms. The van der Waals surface area contributed by atoms with Gasteiger partial charge in [0.05, 0.1) is 0 Å². The molecule has 0 aliphatic heterocycles. The minimum absolute atomic E-state index is 0.414. The Bertz CT molecular complexity index is 533. The molecule has 1 N–H and O–H groups in total. The highest BCUT2D eigenvalue weighted by atomic mass is 16.5. The van der Waals surface area contributed by atoms with E-state index in [0.717, 1.165) is 43.9 Å². The largest absolute Gasteiger partial charge is 0.339 e. The maximum absolute atomic E-state index is 5.37. The summed E-state index contributed by atoms with van der Waals surface area (Å²) in [5.74, 6) is 1.49. The molecule has 4 nitrogen and oxygen atoms in total. The summed E-state index contributed by atoms with van der Waals surface area (Å²) in [6.07, 6.45) is 3.73. The van der Waals surface area contributed by atoms with E-state index in [2.05, 4.69) is 60.5 Å². The lowest BCUT2D eigenvalue weighted by Crippen LogP contribution is -2.31. The normalized spacial score (nSPS) is 12.5. The molecule has 0 saturated heterocycles. The minimum Gasteiger partial charge on any atom is -0.339 e. The molecule has 2 rings (SSSR count). The quantitative estimate of drug-likeness (QED) is 0.809. The molecule has 0 aliphatic carbocycles. The first-order valence-corrected chi connectivity index (χ1v) is 7.81. The summed E-state index contributed by atoms with van der Waals surface area (Å²) in [5.41, 5.74) is 2.48. The average molecular weight is 287 g/mol. The van der Waals surface area contributed by atoms with E-state index in [9.17, 15) is 0 Å². The zero-order valence-corrected chi connectivity index (χ0v) is 13.2. The van der Waals surface area contributed by atoms with Crippen molar-refractivity contribution in [3.8, 4) is 0 Å². The highest BCUT2D eigenvalue weighted by molar-refractivity contribution is 5.23. The van der Waals surface area contributed by atoms with Gasteiger partial charge in [0.2, 0.25) is 5.89 Å². The molecule has 2 aromatic rings. The van der Waals surface area contributed by atoms with Gasteiger partial charge in [0, 0.05) is 18.9 Å². The van der Waals surface area contributed by atoms with E-state index in [0.29, 0.717) is 6.04 Å². The lowest BCUT2D eigenvalue weighted by Gasteiger charge is -2.13. The van der Waals surface area contributed by atoms with Gasteiger partial charge >= 0.3 is 0 Å².